The highest BCUT2D eigenvalue weighted by molar-refractivity contribution is 4.99. The molecule has 0 saturated carbocycles. The Hall–Kier alpha value is -0.0800. The second-order valence-electron chi connectivity index (χ2n) is 7.82. The van der Waals surface area contributed by atoms with Gasteiger partial charge in [0.2, 0.25) is 0 Å². The van der Waals surface area contributed by atoms with Crippen molar-refractivity contribution in [3.8, 4) is 0 Å². The van der Waals surface area contributed by atoms with Crippen LogP contribution in [-0.4, -0.2) is 35.6 Å². The Morgan fingerprint density at radius 1 is 1.18 bits per heavy atom. The van der Waals surface area contributed by atoms with E-state index in [1.54, 1.807) is 0 Å². The molecule has 0 amide bonds. The van der Waals surface area contributed by atoms with Gasteiger partial charge in [-0.2, -0.15) is 0 Å². The van der Waals surface area contributed by atoms with E-state index < -0.39 is 0 Å². The normalized spacial score (nSPS) is 30.5. The highest BCUT2D eigenvalue weighted by Crippen LogP contribution is 2.29. The van der Waals surface area contributed by atoms with E-state index in [1.807, 2.05) is 0 Å². The molecule has 102 valence electrons. The number of nitrogens with zero attached hydrogens (tertiary/aromatic N) is 1. The monoisotopic (exact) mass is 240 g/mol. The minimum atomic E-state index is 0.257. The van der Waals surface area contributed by atoms with Crippen LogP contribution < -0.4 is 5.32 Å². The molecule has 2 nitrogen and oxygen atoms in total. The molecule has 1 N–H and O–H groups in total. The van der Waals surface area contributed by atoms with Crippen LogP contribution in [0.2, 0.25) is 0 Å². The van der Waals surface area contributed by atoms with Gasteiger partial charge in [0.15, 0.2) is 0 Å². The van der Waals surface area contributed by atoms with E-state index in [0.717, 1.165) is 13.1 Å². The SMILES string of the molecule is CCC1(C)CNC(C)(C)CN1CCC(C)(C)C. The van der Waals surface area contributed by atoms with E-state index in [0.29, 0.717) is 11.0 Å². The topological polar surface area (TPSA) is 15.3 Å². The largest absolute Gasteiger partial charge is 0.309 e. The fraction of sp³-hybridized carbons (Fsp3) is 1.00. The first-order chi connectivity index (χ1) is 7.58. The van der Waals surface area contributed by atoms with Crippen molar-refractivity contribution in [3.63, 3.8) is 0 Å². The van der Waals surface area contributed by atoms with E-state index in [1.165, 1.54) is 19.4 Å². The molecule has 1 aliphatic heterocycles. The van der Waals surface area contributed by atoms with Crippen LogP contribution in [0, 0.1) is 5.41 Å². The second-order valence-corrected chi connectivity index (χ2v) is 7.82. The van der Waals surface area contributed by atoms with Crippen LogP contribution in [0.4, 0.5) is 0 Å². The van der Waals surface area contributed by atoms with E-state index in [9.17, 15) is 0 Å². The maximum atomic E-state index is 3.69. The van der Waals surface area contributed by atoms with Crippen molar-refractivity contribution < 1.29 is 0 Å². The highest BCUT2D eigenvalue weighted by atomic mass is 15.3. The zero-order valence-corrected chi connectivity index (χ0v) is 13.0. The van der Waals surface area contributed by atoms with Crippen molar-refractivity contribution in [2.45, 2.75) is 72.4 Å². The van der Waals surface area contributed by atoms with Crippen molar-refractivity contribution in [1.82, 2.24) is 10.2 Å². The third-order valence-corrected chi connectivity index (χ3v) is 4.19. The molecular formula is C15H32N2. The lowest BCUT2D eigenvalue weighted by atomic mass is 9.85. The first kappa shape index (κ1) is 15.0. The Labute approximate surface area is 108 Å². The summed E-state index contributed by atoms with van der Waals surface area (Å²) in [4.78, 5) is 2.70. The molecule has 1 atom stereocenters. The molecule has 0 spiro atoms. The minimum absolute atomic E-state index is 0.257. The Morgan fingerprint density at radius 2 is 1.76 bits per heavy atom. The van der Waals surface area contributed by atoms with Crippen molar-refractivity contribution in [2.75, 3.05) is 19.6 Å². The molecule has 0 aromatic rings. The second kappa shape index (κ2) is 4.89. The number of nitrogens with one attached hydrogen (secondary N) is 1. The third-order valence-electron chi connectivity index (χ3n) is 4.19. The van der Waals surface area contributed by atoms with Crippen molar-refractivity contribution in [2.24, 2.45) is 5.41 Å². The smallest absolute Gasteiger partial charge is 0.0304 e. The quantitative estimate of drug-likeness (QED) is 0.814. The average molecular weight is 240 g/mol. The molecule has 0 bridgehead atoms. The first-order valence-electron chi connectivity index (χ1n) is 7.08. The first-order valence-corrected chi connectivity index (χ1v) is 7.08. The molecule has 0 aromatic carbocycles. The van der Waals surface area contributed by atoms with Crippen LogP contribution in [0.1, 0.15) is 61.3 Å². The number of piperazine rings is 1. The lowest BCUT2D eigenvalue weighted by molar-refractivity contribution is 0.0168. The van der Waals surface area contributed by atoms with Crippen LogP contribution in [0.5, 0.6) is 0 Å². The number of rotatable bonds is 3. The van der Waals surface area contributed by atoms with Gasteiger partial charge >= 0.3 is 0 Å². The van der Waals surface area contributed by atoms with E-state index in [4.69, 9.17) is 0 Å². The lowest BCUT2D eigenvalue weighted by Crippen LogP contribution is -2.67. The molecule has 0 aliphatic carbocycles. The van der Waals surface area contributed by atoms with Gasteiger partial charge < -0.3 is 5.32 Å². The highest BCUT2D eigenvalue weighted by Gasteiger charge is 2.39. The molecule has 2 heteroatoms. The average Bonchev–Trinajstić information content (AvgIpc) is 2.18. The molecule has 1 fully saturated rings. The van der Waals surface area contributed by atoms with Gasteiger partial charge in [0, 0.05) is 24.2 Å². The zero-order chi connectivity index (χ0) is 13.3. The molecular weight excluding hydrogens is 208 g/mol. The predicted octanol–water partition coefficient (Wildman–Crippen LogP) is 3.28. The van der Waals surface area contributed by atoms with Gasteiger partial charge in [-0.15, -0.1) is 0 Å². The van der Waals surface area contributed by atoms with Gasteiger partial charge in [-0.3, -0.25) is 4.90 Å². The fourth-order valence-electron chi connectivity index (χ4n) is 2.43. The molecule has 1 saturated heterocycles. The van der Waals surface area contributed by atoms with E-state index in [2.05, 4.69) is 58.7 Å². The summed E-state index contributed by atoms with van der Waals surface area (Å²) in [5.41, 5.74) is 1.02. The standard InChI is InChI=1S/C15H32N2/c1-8-15(7)11-16-14(5,6)12-17(15)10-9-13(2,3)4/h16H,8-12H2,1-7H3. The van der Waals surface area contributed by atoms with Gasteiger partial charge in [-0.1, -0.05) is 27.7 Å². The Kier molecular flexibility index (Phi) is 4.31. The molecule has 1 rings (SSSR count). The van der Waals surface area contributed by atoms with Crippen LogP contribution in [0.15, 0.2) is 0 Å². The molecule has 0 aromatic heterocycles. The Bertz CT molecular complexity index is 252. The third kappa shape index (κ3) is 4.26. The summed E-state index contributed by atoms with van der Waals surface area (Å²) < 4.78 is 0. The van der Waals surface area contributed by atoms with Gasteiger partial charge in [0.05, 0.1) is 0 Å². The summed E-state index contributed by atoms with van der Waals surface area (Å²) in [7, 11) is 0. The predicted molar refractivity (Wildman–Crippen MR) is 76.4 cm³/mol. The maximum Gasteiger partial charge on any atom is 0.0304 e. The summed E-state index contributed by atoms with van der Waals surface area (Å²) in [5.74, 6) is 0. The maximum absolute atomic E-state index is 3.69. The zero-order valence-electron chi connectivity index (χ0n) is 13.0. The Morgan fingerprint density at radius 3 is 2.24 bits per heavy atom. The molecule has 1 unspecified atom stereocenters. The molecule has 0 radical (unpaired) electrons. The van der Waals surface area contributed by atoms with Crippen LogP contribution in [0.25, 0.3) is 0 Å². The van der Waals surface area contributed by atoms with Crippen molar-refractivity contribution in [1.29, 1.82) is 0 Å². The van der Waals surface area contributed by atoms with Crippen molar-refractivity contribution >= 4 is 0 Å². The van der Waals surface area contributed by atoms with E-state index in [-0.39, 0.29) is 5.54 Å². The lowest BCUT2D eigenvalue weighted by Gasteiger charge is -2.51. The van der Waals surface area contributed by atoms with Gasteiger partial charge in [0.25, 0.3) is 0 Å². The summed E-state index contributed by atoms with van der Waals surface area (Å²) in [6.45, 7) is 19.8. The molecule has 17 heavy (non-hydrogen) atoms. The van der Waals surface area contributed by atoms with E-state index >= 15 is 0 Å². The summed E-state index contributed by atoms with van der Waals surface area (Å²) >= 11 is 0. The summed E-state index contributed by atoms with van der Waals surface area (Å²) in [6.07, 6.45) is 2.50. The molecule has 1 heterocycles. The van der Waals surface area contributed by atoms with Gasteiger partial charge in [-0.05, 0) is 45.6 Å². The Balaban J connectivity index is 2.69. The van der Waals surface area contributed by atoms with Crippen LogP contribution in [-0.2, 0) is 0 Å². The van der Waals surface area contributed by atoms with Gasteiger partial charge in [0.1, 0.15) is 0 Å². The van der Waals surface area contributed by atoms with Crippen molar-refractivity contribution in [3.05, 3.63) is 0 Å². The number of hydrogen-bond acceptors (Lipinski definition) is 2. The summed E-state index contributed by atoms with van der Waals surface area (Å²) in [5, 5.41) is 3.69. The minimum Gasteiger partial charge on any atom is -0.309 e. The van der Waals surface area contributed by atoms with Crippen LogP contribution in [0.3, 0.4) is 0 Å². The fourth-order valence-corrected chi connectivity index (χ4v) is 2.43. The van der Waals surface area contributed by atoms with Gasteiger partial charge in [-0.25, -0.2) is 0 Å². The summed E-state index contributed by atoms with van der Waals surface area (Å²) in [6, 6.07) is 0. The molecule has 1 aliphatic rings. The number of hydrogen-bond donors (Lipinski definition) is 1. The van der Waals surface area contributed by atoms with Crippen LogP contribution >= 0.6 is 0 Å².